The fourth-order valence-corrected chi connectivity index (χ4v) is 2.88. The molecule has 1 heterocycles. The van der Waals surface area contributed by atoms with E-state index >= 15 is 0 Å². The van der Waals surface area contributed by atoms with Crippen molar-refractivity contribution >= 4 is 5.97 Å². The number of hydrogen-bond acceptors (Lipinski definition) is 3. The van der Waals surface area contributed by atoms with Gasteiger partial charge in [-0.15, -0.1) is 0 Å². The molecule has 1 saturated carbocycles. The third kappa shape index (κ3) is 2.54. The Balaban J connectivity index is 2.25. The Hall–Kier alpha value is -1.39. The Morgan fingerprint density at radius 2 is 1.94 bits per heavy atom. The molecular weight excluding hydrogens is 230 g/mol. The fraction of sp³-hybridized carbons (Fsp3) is 0.769. The Bertz CT molecular complexity index is 431. The first kappa shape index (κ1) is 13.1. The van der Waals surface area contributed by atoms with Crippen LogP contribution < -0.4 is 0 Å². The van der Waals surface area contributed by atoms with Crippen molar-refractivity contribution in [2.24, 2.45) is 12.5 Å². The molecule has 0 unspecified atom stereocenters. The maximum Gasteiger partial charge on any atom is 0.310 e. The molecule has 1 aromatic rings. The lowest BCUT2D eigenvalue weighted by atomic mass is 9.77. The third-order valence-corrected chi connectivity index (χ3v) is 3.97. The molecule has 18 heavy (non-hydrogen) atoms. The second kappa shape index (κ2) is 5.08. The molecule has 0 spiro atoms. The standard InChI is InChI=1S/C13H21N3O2/c1-10-14-11(16(2)15-10)9-13(12(17)18)7-5-3-4-6-8-13/h3-9H2,1-2H3,(H,17,18). The topological polar surface area (TPSA) is 68.0 Å². The van der Waals surface area contributed by atoms with E-state index in [4.69, 9.17) is 0 Å². The molecule has 100 valence electrons. The first-order valence-corrected chi connectivity index (χ1v) is 6.63. The lowest BCUT2D eigenvalue weighted by molar-refractivity contribution is -0.150. The molecule has 0 atom stereocenters. The molecule has 2 rings (SSSR count). The molecule has 0 aromatic carbocycles. The average Bonchev–Trinajstić information content (AvgIpc) is 2.54. The lowest BCUT2D eigenvalue weighted by Gasteiger charge is -2.27. The van der Waals surface area contributed by atoms with Crippen LogP contribution in [0.1, 0.15) is 50.2 Å². The van der Waals surface area contributed by atoms with Gasteiger partial charge in [0.15, 0.2) is 0 Å². The van der Waals surface area contributed by atoms with Crippen molar-refractivity contribution in [3.63, 3.8) is 0 Å². The summed E-state index contributed by atoms with van der Waals surface area (Å²) in [6.45, 7) is 1.84. The second-order valence-electron chi connectivity index (χ2n) is 5.38. The van der Waals surface area contributed by atoms with Crippen LogP contribution in [0.4, 0.5) is 0 Å². The van der Waals surface area contributed by atoms with Gasteiger partial charge < -0.3 is 5.11 Å². The Morgan fingerprint density at radius 3 is 2.39 bits per heavy atom. The molecule has 1 aromatic heterocycles. The zero-order valence-electron chi connectivity index (χ0n) is 11.1. The number of aryl methyl sites for hydroxylation is 2. The van der Waals surface area contributed by atoms with E-state index in [0.717, 1.165) is 44.3 Å². The van der Waals surface area contributed by atoms with Gasteiger partial charge in [0.2, 0.25) is 0 Å². The summed E-state index contributed by atoms with van der Waals surface area (Å²) in [7, 11) is 1.83. The first-order chi connectivity index (χ1) is 8.53. The van der Waals surface area contributed by atoms with Crippen LogP contribution in [-0.4, -0.2) is 25.8 Å². The van der Waals surface area contributed by atoms with E-state index in [1.165, 1.54) is 0 Å². The number of aliphatic carboxylic acids is 1. The van der Waals surface area contributed by atoms with Crippen molar-refractivity contribution in [3.8, 4) is 0 Å². The van der Waals surface area contributed by atoms with Gasteiger partial charge in [-0.1, -0.05) is 25.7 Å². The molecule has 1 N–H and O–H groups in total. The van der Waals surface area contributed by atoms with E-state index in [1.807, 2.05) is 14.0 Å². The predicted molar refractivity (Wildman–Crippen MR) is 67.2 cm³/mol. The highest BCUT2D eigenvalue weighted by atomic mass is 16.4. The number of hydrogen-bond donors (Lipinski definition) is 1. The van der Waals surface area contributed by atoms with Crippen molar-refractivity contribution in [2.45, 2.75) is 51.9 Å². The summed E-state index contributed by atoms with van der Waals surface area (Å²) in [5, 5.41) is 13.8. The molecular formula is C13H21N3O2. The highest BCUT2D eigenvalue weighted by Crippen LogP contribution is 2.38. The van der Waals surface area contributed by atoms with Crippen molar-refractivity contribution in [3.05, 3.63) is 11.6 Å². The Labute approximate surface area is 107 Å². The largest absolute Gasteiger partial charge is 0.481 e. The zero-order valence-corrected chi connectivity index (χ0v) is 11.1. The molecule has 0 bridgehead atoms. The van der Waals surface area contributed by atoms with E-state index in [0.29, 0.717) is 12.2 Å². The minimum absolute atomic E-state index is 0.500. The molecule has 1 aliphatic rings. The summed E-state index contributed by atoms with van der Waals surface area (Å²) in [6.07, 6.45) is 6.31. The molecule has 0 saturated heterocycles. The summed E-state index contributed by atoms with van der Waals surface area (Å²) >= 11 is 0. The second-order valence-corrected chi connectivity index (χ2v) is 5.38. The van der Waals surface area contributed by atoms with Gasteiger partial charge in [-0.25, -0.2) is 4.98 Å². The molecule has 1 aliphatic carbocycles. The van der Waals surface area contributed by atoms with Crippen LogP contribution in [0, 0.1) is 12.3 Å². The average molecular weight is 251 g/mol. The zero-order chi connectivity index (χ0) is 13.2. The molecule has 0 aliphatic heterocycles. The van der Waals surface area contributed by atoms with Gasteiger partial charge in [0.25, 0.3) is 0 Å². The van der Waals surface area contributed by atoms with Gasteiger partial charge in [0.05, 0.1) is 5.41 Å². The van der Waals surface area contributed by atoms with Gasteiger partial charge in [0, 0.05) is 13.5 Å². The summed E-state index contributed by atoms with van der Waals surface area (Å²) < 4.78 is 1.71. The summed E-state index contributed by atoms with van der Waals surface area (Å²) in [4.78, 5) is 16.0. The minimum Gasteiger partial charge on any atom is -0.481 e. The Morgan fingerprint density at radius 1 is 1.33 bits per heavy atom. The van der Waals surface area contributed by atoms with Crippen LogP contribution in [0.15, 0.2) is 0 Å². The van der Waals surface area contributed by atoms with Gasteiger partial charge >= 0.3 is 5.97 Å². The first-order valence-electron chi connectivity index (χ1n) is 6.63. The quantitative estimate of drug-likeness (QED) is 0.835. The van der Waals surface area contributed by atoms with Gasteiger partial charge in [0.1, 0.15) is 11.6 Å². The maximum absolute atomic E-state index is 11.7. The molecule has 5 nitrogen and oxygen atoms in total. The molecule has 5 heteroatoms. The monoisotopic (exact) mass is 251 g/mol. The third-order valence-electron chi connectivity index (χ3n) is 3.97. The summed E-state index contributed by atoms with van der Waals surface area (Å²) in [5.74, 6) is 0.823. The number of carboxylic acids is 1. The normalized spacial score (nSPS) is 19.4. The highest BCUT2D eigenvalue weighted by molar-refractivity contribution is 5.75. The van der Waals surface area contributed by atoms with Crippen LogP contribution in [0.2, 0.25) is 0 Å². The van der Waals surface area contributed by atoms with Crippen LogP contribution in [0.5, 0.6) is 0 Å². The maximum atomic E-state index is 11.7. The van der Waals surface area contributed by atoms with Gasteiger partial charge in [-0.2, -0.15) is 5.10 Å². The number of carbonyl (C=O) groups is 1. The van der Waals surface area contributed by atoms with E-state index in [2.05, 4.69) is 10.1 Å². The van der Waals surface area contributed by atoms with E-state index in [1.54, 1.807) is 4.68 Å². The SMILES string of the molecule is Cc1nc(CC2(C(=O)O)CCCCCC2)n(C)n1. The summed E-state index contributed by atoms with van der Waals surface area (Å²) in [6, 6.07) is 0. The lowest BCUT2D eigenvalue weighted by Crippen LogP contribution is -2.34. The Kier molecular flexibility index (Phi) is 3.68. The van der Waals surface area contributed by atoms with Crippen molar-refractivity contribution in [2.75, 3.05) is 0 Å². The van der Waals surface area contributed by atoms with E-state index in [-0.39, 0.29) is 0 Å². The smallest absolute Gasteiger partial charge is 0.310 e. The molecule has 0 amide bonds. The van der Waals surface area contributed by atoms with Crippen LogP contribution in [0.25, 0.3) is 0 Å². The number of aromatic nitrogens is 3. The van der Waals surface area contributed by atoms with Crippen molar-refractivity contribution in [1.82, 2.24) is 14.8 Å². The number of nitrogens with zero attached hydrogens (tertiary/aromatic N) is 3. The van der Waals surface area contributed by atoms with Gasteiger partial charge in [-0.3, -0.25) is 9.48 Å². The summed E-state index contributed by atoms with van der Waals surface area (Å²) in [5.41, 5.74) is -0.635. The van der Waals surface area contributed by atoms with Crippen molar-refractivity contribution < 1.29 is 9.90 Å². The minimum atomic E-state index is -0.676. The fourth-order valence-electron chi connectivity index (χ4n) is 2.88. The van der Waals surface area contributed by atoms with Crippen molar-refractivity contribution in [1.29, 1.82) is 0 Å². The van der Waals surface area contributed by atoms with Crippen LogP contribution >= 0.6 is 0 Å². The van der Waals surface area contributed by atoms with Crippen LogP contribution in [-0.2, 0) is 18.3 Å². The van der Waals surface area contributed by atoms with Gasteiger partial charge in [-0.05, 0) is 19.8 Å². The number of rotatable bonds is 3. The van der Waals surface area contributed by atoms with E-state index < -0.39 is 11.4 Å². The molecule has 1 fully saturated rings. The van der Waals surface area contributed by atoms with Crippen LogP contribution in [0.3, 0.4) is 0 Å². The number of carboxylic acid groups (broad SMARTS) is 1. The predicted octanol–water partition coefficient (Wildman–Crippen LogP) is 2.09. The molecule has 0 radical (unpaired) electrons. The highest BCUT2D eigenvalue weighted by Gasteiger charge is 2.39. The van der Waals surface area contributed by atoms with E-state index in [9.17, 15) is 9.90 Å².